The number of hydrogen-bond donors (Lipinski definition) is 2. The lowest BCUT2D eigenvalue weighted by molar-refractivity contribution is 0.425. The Morgan fingerprint density at radius 3 is 2.50 bits per heavy atom. The third-order valence-electron chi connectivity index (χ3n) is 2.91. The number of benzene rings is 1. The first-order valence-electron chi connectivity index (χ1n) is 5.38. The molecule has 0 saturated carbocycles. The van der Waals surface area contributed by atoms with E-state index in [2.05, 4.69) is 11.0 Å². The summed E-state index contributed by atoms with van der Waals surface area (Å²) in [6.07, 6.45) is 2.24. The molecular formula is C11H13BN2O2. The zero-order valence-corrected chi connectivity index (χ0v) is 8.93. The molecule has 0 aliphatic carbocycles. The lowest BCUT2D eigenvalue weighted by Gasteiger charge is -2.20. The minimum Gasteiger partial charge on any atom is -0.423 e. The van der Waals surface area contributed by atoms with Crippen molar-refractivity contribution in [2.75, 3.05) is 18.0 Å². The molecule has 16 heavy (non-hydrogen) atoms. The molecule has 1 aromatic carbocycles. The Morgan fingerprint density at radius 1 is 1.25 bits per heavy atom. The van der Waals surface area contributed by atoms with E-state index in [1.165, 1.54) is 0 Å². The molecule has 0 bridgehead atoms. The largest absolute Gasteiger partial charge is 0.489 e. The quantitative estimate of drug-likeness (QED) is 0.674. The molecule has 2 rings (SSSR count). The number of nitrogens with zero attached hydrogens (tertiary/aromatic N) is 2. The van der Waals surface area contributed by atoms with Gasteiger partial charge in [0.25, 0.3) is 0 Å². The first-order chi connectivity index (χ1) is 7.74. The highest BCUT2D eigenvalue weighted by Crippen LogP contribution is 2.22. The molecule has 0 spiro atoms. The van der Waals surface area contributed by atoms with Crippen molar-refractivity contribution in [3.63, 3.8) is 0 Å². The van der Waals surface area contributed by atoms with Crippen molar-refractivity contribution in [3.05, 3.63) is 23.8 Å². The summed E-state index contributed by atoms with van der Waals surface area (Å²) in [6.45, 7) is 1.86. The van der Waals surface area contributed by atoms with Gasteiger partial charge in [-0.2, -0.15) is 5.26 Å². The predicted octanol–water partition coefficient (Wildman–Crippen LogP) is -0.162. The molecule has 0 radical (unpaired) electrons. The van der Waals surface area contributed by atoms with E-state index in [9.17, 15) is 10.0 Å². The Hall–Kier alpha value is -1.51. The maximum atomic E-state index is 9.19. The van der Waals surface area contributed by atoms with Crippen LogP contribution in [0.25, 0.3) is 0 Å². The van der Waals surface area contributed by atoms with Crippen LogP contribution in [0.15, 0.2) is 18.2 Å². The second kappa shape index (κ2) is 4.56. The molecule has 0 atom stereocenters. The van der Waals surface area contributed by atoms with Crippen molar-refractivity contribution in [1.82, 2.24) is 0 Å². The fraction of sp³-hybridized carbons (Fsp3) is 0.364. The minimum absolute atomic E-state index is 0.284. The van der Waals surface area contributed by atoms with Gasteiger partial charge in [0.2, 0.25) is 0 Å². The summed E-state index contributed by atoms with van der Waals surface area (Å²) in [4.78, 5) is 2.12. The van der Waals surface area contributed by atoms with E-state index in [0.29, 0.717) is 5.56 Å². The van der Waals surface area contributed by atoms with Crippen LogP contribution in [0.1, 0.15) is 18.4 Å². The fourth-order valence-corrected chi connectivity index (χ4v) is 2.12. The van der Waals surface area contributed by atoms with Crippen molar-refractivity contribution >= 4 is 18.3 Å². The molecule has 1 heterocycles. The summed E-state index contributed by atoms with van der Waals surface area (Å²) in [7, 11) is -1.59. The molecule has 1 saturated heterocycles. The fourth-order valence-electron chi connectivity index (χ4n) is 2.12. The zero-order valence-electron chi connectivity index (χ0n) is 8.93. The van der Waals surface area contributed by atoms with Gasteiger partial charge in [0, 0.05) is 18.6 Å². The Bertz CT molecular complexity index is 422. The van der Waals surface area contributed by atoms with Gasteiger partial charge in [-0.05, 0) is 18.9 Å². The van der Waals surface area contributed by atoms with Crippen LogP contribution in [-0.4, -0.2) is 30.3 Å². The van der Waals surface area contributed by atoms with Crippen LogP contribution >= 0.6 is 0 Å². The molecule has 0 amide bonds. The summed E-state index contributed by atoms with van der Waals surface area (Å²) >= 11 is 0. The SMILES string of the molecule is N#Cc1c(B(O)O)cccc1N1CCCC1. The molecule has 0 unspecified atom stereocenters. The average Bonchev–Trinajstić information content (AvgIpc) is 2.81. The average molecular weight is 216 g/mol. The van der Waals surface area contributed by atoms with E-state index >= 15 is 0 Å². The van der Waals surface area contributed by atoms with Crippen molar-refractivity contribution in [2.45, 2.75) is 12.8 Å². The van der Waals surface area contributed by atoms with Gasteiger partial charge in [0.1, 0.15) is 6.07 Å². The third-order valence-corrected chi connectivity index (χ3v) is 2.91. The maximum absolute atomic E-state index is 9.19. The van der Waals surface area contributed by atoms with Crippen molar-refractivity contribution < 1.29 is 10.0 Å². The first-order valence-corrected chi connectivity index (χ1v) is 5.38. The van der Waals surface area contributed by atoms with E-state index in [4.69, 9.17) is 5.26 Å². The second-order valence-corrected chi connectivity index (χ2v) is 3.92. The van der Waals surface area contributed by atoms with Crippen LogP contribution in [0.3, 0.4) is 0 Å². The standard InChI is InChI=1S/C11H13BN2O2/c13-8-9-10(12(15)16)4-3-5-11(9)14-6-1-2-7-14/h3-5,15-16H,1-2,6-7H2. The van der Waals surface area contributed by atoms with Gasteiger partial charge >= 0.3 is 7.12 Å². The number of anilines is 1. The lowest BCUT2D eigenvalue weighted by Crippen LogP contribution is -2.34. The van der Waals surface area contributed by atoms with Gasteiger partial charge in [-0.1, -0.05) is 12.1 Å². The predicted molar refractivity (Wildman–Crippen MR) is 62.4 cm³/mol. The summed E-state index contributed by atoms with van der Waals surface area (Å²) in [5, 5.41) is 27.5. The zero-order chi connectivity index (χ0) is 11.5. The first kappa shape index (κ1) is 11.0. The van der Waals surface area contributed by atoms with Crippen LogP contribution in [0, 0.1) is 11.3 Å². The van der Waals surface area contributed by atoms with Gasteiger partial charge in [0.15, 0.2) is 0 Å². The van der Waals surface area contributed by atoms with Crippen LogP contribution in [-0.2, 0) is 0 Å². The van der Waals surface area contributed by atoms with Crippen LogP contribution < -0.4 is 10.4 Å². The molecule has 1 fully saturated rings. The Labute approximate surface area is 94.9 Å². The van der Waals surface area contributed by atoms with Gasteiger partial charge < -0.3 is 14.9 Å². The van der Waals surface area contributed by atoms with Gasteiger partial charge in [-0.25, -0.2) is 0 Å². The summed E-state index contributed by atoms with van der Waals surface area (Å²) in [5.41, 5.74) is 1.47. The Kier molecular flexibility index (Phi) is 3.13. The van der Waals surface area contributed by atoms with Crippen molar-refractivity contribution in [2.24, 2.45) is 0 Å². The highest BCUT2D eigenvalue weighted by atomic mass is 16.4. The molecule has 1 aromatic rings. The van der Waals surface area contributed by atoms with Crippen LogP contribution in [0.5, 0.6) is 0 Å². The van der Waals surface area contributed by atoms with Crippen molar-refractivity contribution in [3.8, 4) is 6.07 Å². The molecule has 5 heteroatoms. The number of rotatable bonds is 2. The number of hydrogen-bond acceptors (Lipinski definition) is 4. The second-order valence-electron chi connectivity index (χ2n) is 3.92. The van der Waals surface area contributed by atoms with E-state index < -0.39 is 7.12 Å². The minimum atomic E-state index is -1.59. The number of nitriles is 1. The Balaban J connectivity index is 2.45. The highest BCUT2D eigenvalue weighted by Gasteiger charge is 2.22. The lowest BCUT2D eigenvalue weighted by atomic mass is 9.76. The molecule has 1 aliphatic rings. The molecule has 2 N–H and O–H groups in total. The summed E-state index contributed by atoms with van der Waals surface area (Å²) in [5.74, 6) is 0. The Morgan fingerprint density at radius 2 is 1.94 bits per heavy atom. The summed E-state index contributed by atoms with van der Waals surface area (Å²) in [6, 6.07) is 7.24. The topological polar surface area (TPSA) is 67.5 Å². The van der Waals surface area contributed by atoms with E-state index in [1.54, 1.807) is 12.1 Å². The van der Waals surface area contributed by atoms with Gasteiger partial charge in [-0.15, -0.1) is 0 Å². The molecule has 82 valence electrons. The van der Waals surface area contributed by atoms with Crippen LogP contribution in [0.2, 0.25) is 0 Å². The van der Waals surface area contributed by atoms with E-state index in [0.717, 1.165) is 31.6 Å². The van der Waals surface area contributed by atoms with E-state index in [-0.39, 0.29) is 5.46 Å². The third kappa shape index (κ3) is 1.90. The monoisotopic (exact) mass is 216 g/mol. The molecular weight excluding hydrogens is 203 g/mol. The normalized spacial score (nSPS) is 14.9. The van der Waals surface area contributed by atoms with Crippen molar-refractivity contribution in [1.29, 1.82) is 5.26 Å². The molecule has 4 nitrogen and oxygen atoms in total. The molecule has 1 aliphatic heterocycles. The molecule has 0 aromatic heterocycles. The van der Waals surface area contributed by atoms with Gasteiger partial charge in [-0.3, -0.25) is 0 Å². The van der Waals surface area contributed by atoms with Gasteiger partial charge in [0.05, 0.1) is 11.3 Å². The summed E-state index contributed by atoms with van der Waals surface area (Å²) < 4.78 is 0. The van der Waals surface area contributed by atoms with Crippen LogP contribution in [0.4, 0.5) is 5.69 Å². The van der Waals surface area contributed by atoms with E-state index in [1.807, 2.05) is 6.07 Å². The highest BCUT2D eigenvalue weighted by molar-refractivity contribution is 6.59. The smallest absolute Gasteiger partial charge is 0.423 e. The maximum Gasteiger partial charge on any atom is 0.489 e.